The van der Waals surface area contributed by atoms with Gasteiger partial charge in [-0.1, -0.05) is 0 Å². The fourth-order valence-corrected chi connectivity index (χ4v) is 2.19. The van der Waals surface area contributed by atoms with Crippen LogP contribution in [0.5, 0.6) is 0 Å². The molecule has 0 spiro atoms. The van der Waals surface area contributed by atoms with Crippen molar-refractivity contribution in [2.24, 2.45) is 0 Å². The zero-order valence-corrected chi connectivity index (χ0v) is 10.8. The molecule has 1 aliphatic heterocycles. The number of nitrogens with zero attached hydrogens (tertiary/aromatic N) is 1. The van der Waals surface area contributed by atoms with Crippen LogP contribution in [0.25, 0.3) is 0 Å². The van der Waals surface area contributed by atoms with E-state index in [1.54, 1.807) is 6.92 Å². The van der Waals surface area contributed by atoms with Gasteiger partial charge in [-0.2, -0.15) is 13.2 Å². The molecule has 106 valence electrons. The molecular formula is C11H20F3N3O. The molecule has 1 amide bonds. The van der Waals surface area contributed by atoms with Crippen LogP contribution in [-0.4, -0.2) is 54.7 Å². The quantitative estimate of drug-likeness (QED) is 0.792. The van der Waals surface area contributed by atoms with Crippen molar-refractivity contribution >= 4 is 5.91 Å². The molecule has 3 unspecified atom stereocenters. The number of halogens is 3. The second-order valence-electron chi connectivity index (χ2n) is 4.93. The van der Waals surface area contributed by atoms with Gasteiger partial charge in [-0.05, 0) is 20.8 Å². The van der Waals surface area contributed by atoms with E-state index in [2.05, 4.69) is 5.32 Å². The summed E-state index contributed by atoms with van der Waals surface area (Å²) in [6.07, 6.45) is -4.36. The highest BCUT2D eigenvalue weighted by Crippen LogP contribution is 2.13. The monoisotopic (exact) mass is 267 g/mol. The van der Waals surface area contributed by atoms with Crippen LogP contribution in [0.4, 0.5) is 13.2 Å². The first-order valence-corrected chi connectivity index (χ1v) is 6.03. The van der Waals surface area contributed by atoms with E-state index in [4.69, 9.17) is 0 Å². The maximum Gasteiger partial charge on any atom is 0.405 e. The minimum Gasteiger partial charge on any atom is -0.346 e. The van der Waals surface area contributed by atoms with Gasteiger partial charge < -0.3 is 10.6 Å². The Morgan fingerprint density at radius 3 is 2.33 bits per heavy atom. The van der Waals surface area contributed by atoms with Crippen LogP contribution in [0, 0.1) is 0 Å². The number of nitrogens with one attached hydrogen (secondary N) is 2. The second kappa shape index (κ2) is 5.88. The summed E-state index contributed by atoms with van der Waals surface area (Å²) in [7, 11) is 0. The third-order valence-corrected chi connectivity index (χ3v) is 2.98. The van der Waals surface area contributed by atoms with Gasteiger partial charge in [0.05, 0.1) is 6.04 Å². The Morgan fingerprint density at radius 2 is 1.89 bits per heavy atom. The smallest absolute Gasteiger partial charge is 0.346 e. The maximum absolute atomic E-state index is 12.0. The molecule has 1 saturated heterocycles. The molecule has 1 heterocycles. The largest absolute Gasteiger partial charge is 0.405 e. The summed E-state index contributed by atoms with van der Waals surface area (Å²) < 4.78 is 36.0. The summed E-state index contributed by atoms with van der Waals surface area (Å²) >= 11 is 0. The van der Waals surface area contributed by atoms with Crippen molar-refractivity contribution < 1.29 is 18.0 Å². The van der Waals surface area contributed by atoms with Gasteiger partial charge in [0.15, 0.2) is 0 Å². The molecule has 7 heteroatoms. The lowest BCUT2D eigenvalue weighted by Crippen LogP contribution is -2.59. The summed E-state index contributed by atoms with van der Waals surface area (Å²) in [5, 5.41) is 5.23. The molecule has 0 aromatic heterocycles. The van der Waals surface area contributed by atoms with Crippen molar-refractivity contribution in [3.63, 3.8) is 0 Å². The number of hydrogen-bond donors (Lipinski definition) is 2. The van der Waals surface area contributed by atoms with Crippen LogP contribution in [0.15, 0.2) is 0 Å². The Labute approximate surface area is 105 Å². The molecule has 0 bridgehead atoms. The fourth-order valence-electron chi connectivity index (χ4n) is 2.19. The predicted octanol–water partition coefficient (Wildman–Crippen LogP) is 0.736. The van der Waals surface area contributed by atoms with E-state index < -0.39 is 24.7 Å². The molecule has 4 nitrogen and oxygen atoms in total. The molecule has 3 atom stereocenters. The van der Waals surface area contributed by atoms with Crippen LogP contribution in [0.3, 0.4) is 0 Å². The maximum atomic E-state index is 12.0. The molecular weight excluding hydrogens is 247 g/mol. The molecule has 0 saturated carbocycles. The van der Waals surface area contributed by atoms with Crippen molar-refractivity contribution in [2.75, 3.05) is 19.6 Å². The number of rotatable bonds is 3. The second-order valence-corrected chi connectivity index (χ2v) is 4.93. The predicted molar refractivity (Wildman–Crippen MR) is 62.2 cm³/mol. The summed E-state index contributed by atoms with van der Waals surface area (Å²) in [5.74, 6) is -0.575. The third kappa shape index (κ3) is 4.81. The van der Waals surface area contributed by atoms with E-state index in [1.807, 2.05) is 24.1 Å². The topological polar surface area (TPSA) is 44.4 Å². The molecule has 0 aliphatic carbocycles. The van der Waals surface area contributed by atoms with Crippen LogP contribution in [0.1, 0.15) is 20.8 Å². The molecule has 1 aliphatic rings. The van der Waals surface area contributed by atoms with Gasteiger partial charge in [-0.15, -0.1) is 0 Å². The van der Waals surface area contributed by atoms with Gasteiger partial charge in [0.25, 0.3) is 0 Å². The minimum atomic E-state index is -4.36. The van der Waals surface area contributed by atoms with Crippen molar-refractivity contribution in [1.82, 2.24) is 15.5 Å². The summed E-state index contributed by atoms with van der Waals surface area (Å²) in [4.78, 5) is 13.5. The molecule has 1 rings (SSSR count). The van der Waals surface area contributed by atoms with Gasteiger partial charge in [-0.25, -0.2) is 0 Å². The number of carbonyl (C=O) groups is 1. The Balaban J connectivity index is 2.47. The van der Waals surface area contributed by atoms with Crippen molar-refractivity contribution in [2.45, 2.75) is 45.1 Å². The average molecular weight is 267 g/mol. The summed E-state index contributed by atoms with van der Waals surface area (Å²) in [6.45, 7) is 5.66. The van der Waals surface area contributed by atoms with Crippen LogP contribution < -0.4 is 10.6 Å². The Hall–Kier alpha value is -0.820. The van der Waals surface area contributed by atoms with Gasteiger partial charge in [0, 0.05) is 25.2 Å². The standard InChI is InChI=1S/C11H20F3N3O/c1-7-4-17(5-8(2)16-7)9(3)10(18)15-6-11(12,13)14/h7-9,16H,4-6H2,1-3H3,(H,15,18). The molecule has 0 radical (unpaired) electrons. The number of amides is 1. The third-order valence-electron chi connectivity index (χ3n) is 2.98. The van der Waals surface area contributed by atoms with Crippen LogP contribution in [0.2, 0.25) is 0 Å². The SMILES string of the molecule is CC1CN(C(C)C(=O)NCC(F)(F)F)CC(C)N1. The Morgan fingerprint density at radius 1 is 1.39 bits per heavy atom. The van der Waals surface area contributed by atoms with E-state index in [9.17, 15) is 18.0 Å². The van der Waals surface area contributed by atoms with Gasteiger partial charge in [-0.3, -0.25) is 9.69 Å². The lowest BCUT2D eigenvalue weighted by atomic mass is 10.1. The first-order chi connectivity index (χ1) is 8.19. The number of hydrogen-bond acceptors (Lipinski definition) is 3. The van der Waals surface area contributed by atoms with E-state index in [0.717, 1.165) is 0 Å². The number of piperazine rings is 1. The van der Waals surface area contributed by atoms with Crippen molar-refractivity contribution in [1.29, 1.82) is 0 Å². The van der Waals surface area contributed by atoms with Crippen molar-refractivity contribution in [3.8, 4) is 0 Å². The zero-order valence-electron chi connectivity index (χ0n) is 10.8. The van der Waals surface area contributed by atoms with Crippen LogP contribution >= 0.6 is 0 Å². The van der Waals surface area contributed by atoms with E-state index in [0.29, 0.717) is 13.1 Å². The number of carbonyl (C=O) groups excluding carboxylic acids is 1. The Kier molecular flexibility index (Phi) is 4.98. The highest BCUT2D eigenvalue weighted by molar-refractivity contribution is 5.81. The van der Waals surface area contributed by atoms with Crippen molar-refractivity contribution in [3.05, 3.63) is 0 Å². The fraction of sp³-hybridized carbons (Fsp3) is 0.909. The molecule has 0 aromatic carbocycles. The van der Waals surface area contributed by atoms with E-state index in [1.165, 1.54) is 0 Å². The normalized spacial score (nSPS) is 27.9. The van der Waals surface area contributed by atoms with E-state index in [-0.39, 0.29) is 12.1 Å². The highest BCUT2D eigenvalue weighted by atomic mass is 19.4. The lowest BCUT2D eigenvalue weighted by Gasteiger charge is -2.39. The van der Waals surface area contributed by atoms with Gasteiger partial charge in [0.1, 0.15) is 6.54 Å². The van der Waals surface area contributed by atoms with Gasteiger partial charge >= 0.3 is 6.18 Å². The lowest BCUT2D eigenvalue weighted by molar-refractivity contribution is -0.141. The molecule has 2 N–H and O–H groups in total. The van der Waals surface area contributed by atoms with Crippen LogP contribution in [-0.2, 0) is 4.79 Å². The van der Waals surface area contributed by atoms with E-state index >= 15 is 0 Å². The average Bonchev–Trinajstić information content (AvgIpc) is 2.22. The minimum absolute atomic E-state index is 0.228. The first kappa shape index (κ1) is 15.2. The first-order valence-electron chi connectivity index (χ1n) is 6.03. The molecule has 1 fully saturated rings. The molecule has 0 aromatic rings. The molecule has 18 heavy (non-hydrogen) atoms. The Bertz CT molecular complexity index is 286. The number of alkyl halides is 3. The van der Waals surface area contributed by atoms with Gasteiger partial charge in [0.2, 0.25) is 5.91 Å². The highest BCUT2D eigenvalue weighted by Gasteiger charge is 2.32. The summed E-state index contributed by atoms with van der Waals surface area (Å²) in [5.41, 5.74) is 0. The zero-order chi connectivity index (χ0) is 13.9. The summed E-state index contributed by atoms with van der Waals surface area (Å²) in [6, 6.07) is -0.0856.